The minimum atomic E-state index is -1.25. The number of amides is 1. The lowest BCUT2D eigenvalue weighted by Gasteiger charge is -2.20. The van der Waals surface area contributed by atoms with E-state index in [1.807, 2.05) is 0 Å². The molecule has 0 saturated heterocycles. The standard InChI is InChI=1S/C11H14FN3O4/c1-11(14,10(13)16)4-5-19-9-3-2-7(15(17)18)6-8(9)12/h2-3,6H,4-5,14H2,1H3,(H2,13,16). The monoisotopic (exact) mass is 271 g/mol. The Morgan fingerprint density at radius 2 is 2.21 bits per heavy atom. The maximum Gasteiger partial charge on any atom is 0.272 e. The summed E-state index contributed by atoms with van der Waals surface area (Å²) < 4.78 is 18.5. The topological polar surface area (TPSA) is 121 Å². The normalized spacial score (nSPS) is 13.6. The van der Waals surface area contributed by atoms with E-state index in [-0.39, 0.29) is 24.5 Å². The first-order valence-corrected chi connectivity index (χ1v) is 5.39. The lowest BCUT2D eigenvalue weighted by Crippen LogP contribution is -2.50. The third kappa shape index (κ3) is 3.88. The molecule has 104 valence electrons. The number of carbonyl (C=O) groups is 1. The van der Waals surface area contributed by atoms with Crippen LogP contribution in [0.3, 0.4) is 0 Å². The van der Waals surface area contributed by atoms with Gasteiger partial charge in [-0.1, -0.05) is 0 Å². The molecule has 0 spiro atoms. The number of nitro groups is 1. The number of carbonyl (C=O) groups excluding carboxylic acids is 1. The van der Waals surface area contributed by atoms with Gasteiger partial charge in [-0.25, -0.2) is 4.39 Å². The zero-order valence-corrected chi connectivity index (χ0v) is 10.3. The molecule has 0 heterocycles. The van der Waals surface area contributed by atoms with Crippen molar-refractivity contribution in [3.8, 4) is 5.75 Å². The quantitative estimate of drug-likeness (QED) is 0.582. The molecule has 0 saturated carbocycles. The van der Waals surface area contributed by atoms with Crippen LogP contribution in [-0.2, 0) is 4.79 Å². The molecule has 1 atom stereocenters. The van der Waals surface area contributed by atoms with Crippen LogP contribution in [0.2, 0.25) is 0 Å². The first-order valence-electron chi connectivity index (χ1n) is 5.39. The molecule has 0 radical (unpaired) electrons. The molecule has 1 amide bonds. The van der Waals surface area contributed by atoms with Crippen molar-refractivity contribution in [3.63, 3.8) is 0 Å². The predicted octanol–water partition coefficient (Wildman–Crippen LogP) is 0.706. The number of nitrogens with two attached hydrogens (primary N) is 2. The van der Waals surface area contributed by atoms with Crippen molar-refractivity contribution in [3.05, 3.63) is 34.1 Å². The van der Waals surface area contributed by atoms with E-state index >= 15 is 0 Å². The Hall–Kier alpha value is -2.22. The fraction of sp³-hybridized carbons (Fsp3) is 0.364. The number of ether oxygens (including phenoxy) is 1. The van der Waals surface area contributed by atoms with Gasteiger partial charge in [0.05, 0.1) is 23.1 Å². The highest BCUT2D eigenvalue weighted by Crippen LogP contribution is 2.22. The lowest BCUT2D eigenvalue weighted by molar-refractivity contribution is -0.385. The number of nitro benzene ring substituents is 1. The summed E-state index contributed by atoms with van der Waals surface area (Å²) in [5.74, 6) is -1.70. The molecule has 0 aliphatic carbocycles. The summed E-state index contributed by atoms with van der Waals surface area (Å²) >= 11 is 0. The van der Waals surface area contributed by atoms with E-state index in [0.717, 1.165) is 18.2 Å². The van der Waals surface area contributed by atoms with E-state index in [4.69, 9.17) is 16.2 Å². The molecule has 1 aromatic carbocycles. The van der Waals surface area contributed by atoms with Crippen LogP contribution < -0.4 is 16.2 Å². The minimum absolute atomic E-state index is 0.0370. The number of non-ortho nitro benzene ring substituents is 1. The number of hydrogen-bond acceptors (Lipinski definition) is 5. The summed E-state index contributed by atoms with van der Waals surface area (Å²) in [6.07, 6.45) is 0.0960. The second kappa shape index (κ2) is 5.61. The summed E-state index contributed by atoms with van der Waals surface area (Å²) in [5.41, 5.74) is 9.03. The maximum absolute atomic E-state index is 13.4. The molecule has 0 aromatic heterocycles. The van der Waals surface area contributed by atoms with Gasteiger partial charge in [0.1, 0.15) is 0 Å². The lowest BCUT2D eigenvalue weighted by atomic mass is 9.99. The fourth-order valence-electron chi connectivity index (χ4n) is 1.22. The van der Waals surface area contributed by atoms with Gasteiger partial charge in [0, 0.05) is 12.5 Å². The van der Waals surface area contributed by atoms with Crippen LogP contribution >= 0.6 is 0 Å². The zero-order valence-electron chi connectivity index (χ0n) is 10.3. The molecule has 0 aliphatic rings. The SMILES string of the molecule is CC(N)(CCOc1ccc([N+](=O)[O-])cc1F)C(N)=O. The van der Waals surface area contributed by atoms with E-state index < -0.39 is 22.2 Å². The summed E-state index contributed by atoms with van der Waals surface area (Å²) in [6.45, 7) is 1.40. The van der Waals surface area contributed by atoms with Crippen molar-refractivity contribution in [1.29, 1.82) is 0 Å². The van der Waals surface area contributed by atoms with Crippen molar-refractivity contribution in [2.75, 3.05) is 6.61 Å². The highest BCUT2D eigenvalue weighted by Gasteiger charge is 2.25. The first kappa shape index (κ1) is 14.8. The molecule has 0 fully saturated rings. The Kier molecular flexibility index (Phi) is 4.38. The predicted molar refractivity (Wildman–Crippen MR) is 65.0 cm³/mol. The molecule has 7 nitrogen and oxygen atoms in total. The molecular formula is C11H14FN3O4. The van der Waals surface area contributed by atoms with Crippen LogP contribution in [0.5, 0.6) is 5.75 Å². The number of rotatable bonds is 6. The third-order valence-electron chi connectivity index (χ3n) is 2.57. The summed E-state index contributed by atoms with van der Waals surface area (Å²) in [4.78, 5) is 20.6. The van der Waals surface area contributed by atoms with E-state index in [1.54, 1.807) is 0 Å². The van der Waals surface area contributed by atoms with E-state index in [9.17, 15) is 19.3 Å². The smallest absolute Gasteiger partial charge is 0.272 e. The van der Waals surface area contributed by atoms with Crippen LogP contribution in [0.1, 0.15) is 13.3 Å². The van der Waals surface area contributed by atoms with E-state index in [2.05, 4.69) is 0 Å². The highest BCUT2D eigenvalue weighted by atomic mass is 19.1. The van der Waals surface area contributed by atoms with Crippen LogP contribution in [0.4, 0.5) is 10.1 Å². The van der Waals surface area contributed by atoms with Gasteiger partial charge < -0.3 is 16.2 Å². The zero-order chi connectivity index (χ0) is 14.6. The van der Waals surface area contributed by atoms with Crippen molar-refractivity contribution in [2.24, 2.45) is 11.5 Å². The van der Waals surface area contributed by atoms with Crippen LogP contribution in [0.25, 0.3) is 0 Å². The molecule has 0 bridgehead atoms. The summed E-state index contributed by atoms with van der Waals surface area (Å²) in [7, 11) is 0. The number of benzene rings is 1. The Balaban J connectivity index is 2.64. The largest absolute Gasteiger partial charge is 0.490 e. The molecular weight excluding hydrogens is 257 g/mol. The van der Waals surface area contributed by atoms with Gasteiger partial charge in [0.25, 0.3) is 5.69 Å². The molecule has 8 heteroatoms. The molecule has 1 unspecified atom stereocenters. The van der Waals surface area contributed by atoms with Crippen LogP contribution in [-0.4, -0.2) is 23.0 Å². The van der Waals surface area contributed by atoms with Crippen molar-refractivity contribution >= 4 is 11.6 Å². The molecule has 1 rings (SSSR count). The molecule has 19 heavy (non-hydrogen) atoms. The number of nitrogens with zero attached hydrogens (tertiary/aromatic N) is 1. The average Bonchev–Trinajstić information content (AvgIpc) is 2.30. The first-order chi connectivity index (χ1) is 8.74. The van der Waals surface area contributed by atoms with Gasteiger partial charge in [0.15, 0.2) is 11.6 Å². The molecule has 1 aromatic rings. The van der Waals surface area contributed by atoms with Crippen molar-refractivity contribution < 1.29 is 18.8 Å². The van der Waals surface area contributed by atoms with Crippen LogP contribution in [0.15, 0.2) is 18.2 Å². The van der Waals surface area contributed by atoms with Gasteiger partial charge in [0.2, 0.25) is 5.91 Å². The Labute approximate surface area is 108 Å². The van der Waals surface area contributed by atoms with E-state index in [0.29, 0.717) is 0 Å². The fourth-order valence-corrected chi connectivity index (χ4v) is 1.22. The van der Waals surface area contributed by atoms with Gasteiger partial charge in [-0.3, -0.25) is 14.9 Å². The second-order valence-electron chi connectivity index (χ2n) is 4.25. The maximum atomic E-state index is 13.4. The second-order valence-corrected chi connectivity index (χ2v) is 4.25. The highest BCUT2D eigenvalue weighted by molar-refractivity contribution is 5.83. The number of hydrogen-bond donors (Lipinski definition) is 2. The average molecular weight is 271 g/mol. The number of halogens is 1. The van der Waals surface area contributed by atoms with Crippen LogP contribution in [0, 0.1) is 15.9 Å². The van der Waals surface area contributed by atoms with Gasteiger partial charge in [-0.05, 0) is 13.0 Å². The van der Waals surface area contributed by atoms with Crippen molar-refractivity contribution in [1.82, 2.24) is 0 Å². The molecule has 0 aliphatic heterocycles. The van der Waals surface area contributed by atoms with Gasteiger partial charge >= 0.3 is 0 Å². The summed E-state index contributed by atoms with van der Waals surface area (Å²) in [5, 5.41) is 10.4. The van der Waals surface area contributed by atoms with E-state index in [1.165, 1.54) is 6.92 Å². The molecule has 4 N–H and O–H groups in total. The minimum Gasteiger partial charge on any atom is -0.490 e. The summed E-state index contributed by atoms with van der Waals surface area (Å²) in [6, 6.07) is 3.02. The van der Waals surface area contributed by atoms with Gasteiger partial charge in [-0.2, -0.15) is 0 Å². The Morgan fingerprint density at radius 3 is 2.68 bits per heavy atom. The van der Waals surface area contributed by atoms with Crippen molar-refractivity contribution in [2.45, 2.75) is 18.9 Å². The number of primary amides is 1. The Morgan fingerprint density at radius 1 is 1.58 bits per heavy atom. The van der Waals surface area contributed by atoms with Gasteiger partial charge in [-0.15, -0.1) is 0 Å². The third-order valence-corrected chi connectivity index (χ3v) is 2.57. The Bertz CT molecular complexity index is 505.